The van der Waals surface area contributed by atoms with Gasteiger partial charge in [0, 0.05) is 0 Å². The molecule has 0 amide bonds. The van der Waals surface area contributed by atoms with Crippen LogP contribution in [0.2, 0.25) is 0 Å². The number of aryl methyl sites for hydroxylation is 1. The van der Waals surface area contributed by atoms with Gasteiger partial charge in [0.25, 0.3) is 5.88 Å². The van der Waals surface area contributed by atoms with Crippen LogP contribution in [0.3, 0.4) is 0 Å². The summed E-state index contributed by atoms with van der Waals surface area (Å²) >= 11 is 0. The normalized spacial score (nSPS) is 10.9. The van der Waals surface area contributed by atoms with E-state index in [-0.39, 0.29) is 17.3 Å². The summed E-state index contributed by atoms with van der Waals surface area (Å²) in [5, 5.41) is 0. The van der Waals surface area contributed by atoms with E-state index in [0.717, 1.165) is 5.56 Å². The highest BCUT2D eigenvalue weighted by atomic mass is 17.2. The van der Waals surface area contributed by atoms with Crippen LogP contribution in [0, 0.1) is 6.92 Å². The van der Waals surface area contributed by atoms with Crippen molar-refractivity contribution in [2.45, 2.75) is 6.92 Å². The van der Waals surface area contributed by atoms with E-state index in [1.54, 1.807) is 24.3 Å². The van der Waals surface area contributed by atoms with Crippen LogP contribution in [-0.4, -0.2) is 23.0 Å². The Hall–Kier alpha value is -3.87. The van der Waals surface area contributed by atoms with Gasteiger partial charge in [-0.3, -0.25) is 4.89 Å². The van der Waals surface area contributed by atoms with E-state index in [1.807, 2.05) is 37.3 Å². The van der Waals surface area contributed by atoms with E-state index in [1.165, 1.54) is 25.8 Å². The Bertz CT molecular complexity index is 973. The molecule has 2 aromatic carbocycles. The van der Waals surface area contributed by atoms with Crippen LogP contribution < -0.4 is 9.62 Å². The highest BCUT2D eigenvalue weighted by Gasteiger charge is 2.17. The summed E-state index contributed by atoms with van der Waals surface area (Å²) in [5.41, 5.74) is 1.78. The Balaban J connectivity index is 1.68. The number of methoxy groups -OCH3 is 1. The predicted molar refractivity (Wildman–Crippen MR) is 101 cm³/mol. The maximum atomic E-state index is 12.4. The molecule has 3 aromatic rings. The first-order valence-electron chi connectivity index (χ1n) is 8.40. The van der Waals surface area contributed by atoms with Gasteiger partial charge >= 0.3 is 5.97 Å². The highest BCUT2D eigenvalue weighted by Crippen LogP contribution is 2.25. The lowest BCUT2D eigenvalue weighted by atomic mass is 10.1. The molecule has 1 aromatic heterocycles. The molecule has 0 saturated heterocycles. The van der Waals surface area contributed by atoms with E-state index >= 15 is 0 Å². The van der Waals surface area contributed by atoms with E-state index in [2.05, 4.69) is 9.97 Å². The molecule has 0 N–H and O–H groups in total. The van der Waals surface area contributed by atoms with Gasteiger partial charge in [-0.1, -0.05) is 48.5 Å². The number of aromatic nitrogens is 2. The Kier molecular flexibility index (Phi) is 6.20. The zero-order valence-electron chi connectivity index (χ0n) is 15.4. The number of carbonyl (C=O) groups excluding carboxylic acids is 1. The molecule has 0 aliphatic carbocycles. The van der Waals surface area contributed by atoms with Gasteiger partial charge in [-0.25, -0.2) is 14.7 Å². The predicted octanol–water partition coefficient (Wildman–Crippen LogP) is 4.10. The van der Waals surface area contributed by atoms with Gasteiger partial charge in [0.05, 0.1) is 19.4 Å². The fraction of sp³-hybridized carbons (Fsp3) is 0.0952. The highest BCUT2D eigenvalue weighted by molar-refractivity contribution is 6.15. The van der Waals surface area contributed by atoms with Crippen molar-refractivity contribution in [1.82, 2.24) is 9.97 Å². The number of benzene rings is 2. The minimum absolute atomic E-state index is 0.0248. The molecule has 7 nitrogen and oxygen atoms in total. The minimum Gasteiger partial charge on any atom is -0.503 e. The molecule has 3 rings (SSSR count). The summed E-state index contributed by atoms with van der Waals surface area (Å²) in [6.45, 7) is 1.92. The average Bonchev–Trinajstić information content (AvgIpc) is 2.73. The lowest BCUT2D eigenvalue weighted by Crippen LogP contribution is -2.11. The maximum absolute atomic E-state index is 12.4. The molecular weight excluding hydrogens is 360 g/mol. The van der Waals surface area contributed by atoms with Crippen molar-refractivity contribution >= 4 is 11.5 Å². The number of hydrogen-bond acceptors (Lipinski definition) is 7. The Labute approximate surface area is 162 Å². The van der Waals surface area contributed by atoms with E-state index < -0.39 is 5.97 Å². The zero-order valence-corrected chi connectivity index (χ0v) is 15.4. The van der Waals surface area contributed by atoms with Gasteiger partial charge in [-0.2, -0.15) is 4.98 Å². The van der Waals surface area contributed by atoms with Crippen molar-refractivity contribution in [1.29, 1.82) is 0 Å². The Morgan fingerprint density at radius 1 is 0.964 bits per heavy atom. The lowest BCUT2D eigenvalue weighted by molar-refractivity contribution is -0.207. The second-order valence-electron chi connectivity index (χ2n) is 5.65. The van der Waals surface area contributed by atoms with Gasteiger partial charge in [0.2, 0.25) is 5.88 Å². The maximum Gasteiger partial charge on any atom is 0.389 e. The van der Waals surface area contributed by atoms with Crippen LogP contribution in [0.15, 0.2) is 73.3 Å². The first-order chi connectivity index (χ1) is 13.7. The van der Waals surface area contributed by atoms with Crippen LogP contribution in [0.4, 0.5) is 0 Å². The number of hydrogen-bond donors (Lipinski definition) is 0. The van der Waals surface area contributed by atoms with E-state index in [0.29, 0.717) is 11.3 Å². The monoisotopic (exact) mass is 378 g/mol. The SMILES string of the molecule is COC=C(C(=O)OOc1cc(Oc2ccccc2C)ncn1)c1ccccc1. The summed E-state index contributed by atoms with van der Waals surface area (Å²) in [7, 11) is 1.44. The number of rotatable bonds is 7. The number of carbonyl (C=O) groups is 1. The summed E-state index contributed by atoms with van der Waals surface area (Å²) in [6, 6.07) is 17.9. The molecule has 0 bridgehead atoms. The van der Waals surface area contributed by atoms with E-state index in [4.69, 9.17) is 19.2 Å². The number of para-hydroxylation sites is 1. The average molecular weight is 378 g/mol. The minimum atomic E-state index is -0.729. The lowest BCUT2D eigenvalue weighted by Gasteiger charge is -2.09. The molecular formula is C21H18N2O5. The summed E-state index contributed by atoms with van der Waals surface area (Å²) < 4.78 is 10.7. The van der Waals surface area contributed by atoms with Crippen LogP contribution in [0.1, 0.15) is 11.1 Å². The van der Waals surface area contributed by atoms with Crippen LogP contribution in [0.5, 0.6) is 17.5 Å². The first kappa shape index (κ1) is 18.9. The second kappa shape index (κ2) is 9.18. The van der Waals surface area contributed by atoms with Crippen molar-refractivity contribution in [2.75, 3.05) is 7.11 Å². The fourth-order valence-electron chi connectivity index (χ4n) is 2.30. The largest absolute Gasteiger partial charge is 0.503 e. The summed E-state index contributed by atoms with van der Waals surface area (Å²) in [5.74, 6) is 0.203. The number of ether oxygens (including phenoxy) is 2. The molecule has 0 atom stereocenters. The van der Waals surface area contributed by atoms with Crippen molar-refractivity contribution in [3.05, 3.63) is 84.4 Å². The molecule has 142 valence electrons. The smallest absolute Gasteiger partial charge is 0.389 e. The van der Waals surface area contributed by atoms with Gasteiger partial charge in [-0.05, 0) is 24.1 Å². The summed E-state index contributed by atoms with van der Waals surface area (Å²) in [6.07, 6.45) is 2.54. The molecule has 1 heterocycles. The molecule has 0 aliphatic heterocycles. The van der Waals surface area contributed by atoms with Gasteiger partial charge in [0.1, 0.15) is 17.6 Å². The van der Waals surface area contributed by atoms with Crippen molar-refractivity contribution in [3.63, 3.8) is 0 Å². The molecule has 0 aliphatic rings. The molecule has 0 spiro atoms. The van der Waals surface area contributed by atoms with Crippen LogP contribution in [0.25, 0.3) is 5.57 Å². The third-order valence-corrected chi connectivity index (χ3v) is 3.67. The van der Waals surface area contributed by atoms with Crippen LogP contribution in [-0.2, 0) is 14.4 Å². The zero-order chi connectivity index (χ0) is 19.8. The van der Waals surface area contributed by atoms with Crippen LogP contribution >= 0.6 is 0 Å². The van der Waals surface area contributed by atoms with E-state index in [9.17, 15) is 4.79 Å². The van der Waals surface area contributed by atoms with Gasteiger partial charge in [-0.15, -0.1) is 0 Å². The third kappa shape index (κ3) is 4.85. The number of nitrogens with zero attached hydrogens (tertiary/aromatic N) is 2. The molecule has 0 fully saturated rings. The van der Waals surface area contributed by atoms with Crippen molar-refractivity contribution in [3.8, 4) is 17.5 Å². The summed E-state index contributed by atoms with van der Waals surface area (Å²) in [4.78, 5) is 30.2. The van der Waals surface area contributed by atoms with Crippen molar-refractivity contribution < 1.29 is 24.0 Å². The molecule has 0 unspecified atom stereocenters. The third-order valence-electron chi connectivity index (χ3n) is 3.67. The first-order valence-corrected chi connectivity index (χ1v) is 8.40. The molecule has 0 saturated carbocycles. The topological polar surface area (TPSA) is 79.8 Å². The Morgan fingerprint density at radius 3 is 2.43 bits per heavy atom. The standard InChI is InChI=1S/C21H18N2O5/c1-15-8-6-7-11-18(15)26-19-12-20(23-14-22-19)27-28-21(24)17(13-25-2)16-9-4-3-5-10-16/h3-14H,1-2H3. The van der Waals surface area contributed by atoms with Gasteiger partial charge in [0.15, 0.2) is 0 Å². The molecule has 7 heteroatoms. The fourth-order valence-corrected chi connectivity index (χ4v) is 2.30. The second-order valence-corrected chi connectivity index (χ2v) is 5.65. The van der Waals surface area contributed by atoms with Crippen molar-refractivity contribution in [2.24, 2.45) is 0 Å². The quantitative estimate of drug-likeness (QED) is 0.265. The molecule has 28 heavy (non-hydrogen) atoms. The molecule has 0 radical (unpaired) electrons. The Morgan fingerprint density at radius 2 is 1.68 bits per heavy atom. The van der Waals surface area contributed by atoms with Gasteiger partial charge < -0.3 is 9.47 Å².